The number of benzene rings is 1. The third-order valence-electron chi connectivity index (χ3n) is 2.47. The zero-order valence-corrected chi connectivity index (χ0v) is 11.0. The van der Waals surface area contributed by atoms with Gasteiger partial charge < -0.3 is 14.9 Å². The van der Waals surface area contributed by atoms with Crippen molar-refractivity contribution in [2.24, 2.45) is 0 Å². The van der Waals surface area contributed by atoms with Gasteiger partial charge in [0.1, 0.15) is 6.10 Å². The molecule has 0 aliphatic carbocycles. The Morgan fingerprint density at radius 2 is 2.00 bits per heavy atom. The van der Waals surface area contributed by atoms with Crippen molar-refractivity contribution in [2.45, 2.75) is 25.7 Å². The van der Waals surface area contributed by atoms with Crippen molar-refractivity contribution in [1.29, 1.82) is 0 Å². The lowest BCUT2D eigenvalue weighted by atomic mass is 10.1. The van der Waals surface area contributed by atoms with Gasteiger partial charge in [-0.3, -0.25) is 0 Å². The molecule has 0 radical (unpaired) electrons. The molecule has 0 heterocycles. The summed E-state index contributed by atoms with van der Waals surface area (Å²) in [6, 6.07) is 9.27. The van der Waals surface area contributed by atoms with Crippen LogP contribution in [0.4, 0.5) is 0 Å². The van der Waals surface area contributed by atoms with Crippen molar-refractivity contribution in [3.63, 3.8) is 0 Å². The van der Waals surface area contributed by atoms with E-state index in [1.807, 2.05) is 30.3 Å². The van der Waals surface area contributed by atoms with E-state index in [4.69, 9.17) is 4.74 Å². The van der Waals surface area contributed by atoms with Gasteiger partial charge in [0.15, 0.2) is 0 Å². The Morgan fingerprint density at radius 1 is 1.42 bits per heavy atom. The van der Waals surface area contributed by atoms with E-state index >= 15 is 0 Å². The second-order valence-electron chi connectivity index (χ2n) is 4.44. The van der Waals surface area contributed by atoms with Crippen LogP contribution >= 0.6 is 0 Å². The highest BCUT2D eigenvalue weighted by atomic mass is 16.7. The lowest BCUT2D eigenvalue weighted by Gasteiger charge is -2.26. The van der Waals surface area contributed by atoms with Gasteiger partial charge in [-0.1, -0.05) is 43.0 Å². The minimum Gasteiger partial charge on any atom is -0.427 e. The fourth-order valence-electron chi connectivity index (χ4n) is 1.28. The Bertz CT molecular complexity index is 474. The van der Waals surface area contributed by atoms with E-state index in [0.29, 0.717) is 0 Å². The van der Waals surface area contributed by atoms with Gasteiger partial charge in [-0.15, -0.1) is 0 Å². The quantitative estimate of drug-likeness (QED) is 0.483. The standard InChI is InChI=1S/C15H18O4/c1-11(2)14(17)19-15(3,18)13(16)10-9-12-7-5-4-6-8-12/h4-10,13,16,18H,1H2,2-3H3. The predicted octanol–water partition coefficient (Wildman–Crippen LogP) is 1.89. The number of aliphatic hydroxyl groups excluding tert-OH is 1. The Morgan fingerprint density at radius 3 is 2.53 bits per heavy atom. The SMILES string of the molecule is C=C(C)C(=O)OC(C)(O)C(O)C=Cc1ccccc1. The number of rotatable bonds is 5. The van der Waals surface area contributed by atoms with Gasteiger partial charge in [0.25, 0.3) is 0 Å². The Labute approximate surface area is 112 Å². The average molecular weight is 262 g/mol. The van der Waals surface area contributed by atoms with Crippen LogP contribution in [0.3, 0.4) is 0 Å². The maximum absolute atomic E-state index is 11.3. The van der Waals surface area contributed by atoms with Crippen LogP contribution in [0.25, 0.3) is 6.08 Å². The highest BCUT2D eigenvalue weighted by molar-refractivity contribution is 5.87. The molecule has 0 bridgehead atoms. The first-order valence-corrected chi connectivity index (χ1v) is 5.85. The molecule has 1 aromatic rings. The molecule has 0 saturated heterocycles. The first kappa shape index (κ1) is 15.1. The molecule has 0 saturated carbocycles. The monoisotopic (exact) mass is 262 g/mol. The minimum atomic E-state index is -2.00. The number of carbonyl (C=O) groups is 1. The predicted molar refractivity (Wildman–Crippen MR) is 73.0 cm³/mol. The van der Waals surface area contributed by atoms with E-state index in [-0.39, 0.29) is 5.57 Å². The summed E-state index contributed by atoms with van der Waals surface area (Å²) in [5.41, 5.74) is 1.02. The van der Waals surface area contributed by atoms with Crippen molar-refractivity contribution in [1.82, 2.24) is 0 Å². The third-order valence-corrected chi connectivity index (χ3v) is 2.47. The van der Waals surface area contributed by atoms with E-state index in [1.165, 1.54) is 19.9 Å². The molecule has 0 fully saturated rings. The van der Waals surface area contributed by atoms with Gasteiger partial charge >= 0.3 is 5.97 Å². The van der Waals surface area contributed by atoms with Crippen molar-refractivity contribution in [3.05, 3.63) is 54.1 Å². The Hall–Kier alpha value is -1.91. The molecule has 0 aliphatic heterocycles. The molecule has 1 rings (SSSR count). The summed E-state index contributed by atoms with van der Waals surface area (Å²) in [7, 11) is 0. The maximum atomic E-state index is 11.3. The van der Waals surface area contributed by atoms with Crippen molar-refractivity contribution in [3.8, 4) is 0 Å². The van der Waals surface area contributed by atoms with Crippen molar-refractivity contribution < 1.29 is 19.7 Å². The topological polar surface area (TPSA) is 66.8 Å². The second-order valence-corrected chi connectivity index (χ2v) is 4.44. The molecule has 102 valence electrons. The van der Waals surface area contributed by atoms with E-state index in [9.17, 15) is 15.0 Å². The van der Waals surface area contributed by atoms with Gasteiger partial charge in [0, 0.05) is 12.5 Å². The number of hydrogen-bond donors (Lipinski definition) is 2. The molecule has 4 nitrogen and oxygen atoms in total. The van der Waals surface area contributed by atoms with Crippen molar-refractivity contribution in [2.75, 3.05) is 0 Å². The van der Waals surface area contributed by atoms with Crippen LogP contribution in [0.2, 0.25) is 0 Å². The van der Waals surface area contributed by atoms with Gasteiger partial charge in [0.2, 0.25) is 5.79 Å². The Kier molecular flexibility index (Phi) is 5.03. The first-order valence-electron chi connectivity index (χ1n) is 5.85. The number of hydrogen-bond acceptors (Lipinski definition) is 4. The van der Waals surface area contributed by atoms with Crippen LogP contribution in [0.1, 0.15) is 19.4 Å². The number of carbonyl (C=O) groups excluding carboxylic acids is 1. The number of esters is 1. The minimum absolute atomic E-state index is 0.152. The fraction of sp³-hybridized carbons (Fsp3) is 0.267. The number of ether oxygens (including phenoxy) is 1. The number of aliphatic hydroxyl groups is 2. The van der Waals surface area contributed by atoms with E-state index in [1.54, 1.807) is 6.08 Å². The maximum Gasteiger partial charge on any atom is 0.335 e. The summed E-state index contributed by atoms with van der Waals surface area (Å²) >= 11 is 0. The largest absolute Gasteiger partial charge is 0.427 e. The van der Waals surface area contributed by atoms with Crippen LogP contribution in [-0.2, 0) is 9.53 Å². The zero-order valence-electron chi connectivity index (χ0n) is 11.0. The Balaban J connectivity index is 2.71. The summed E-state index contributed by atoms with van der Waals surface area (Å²) in [6.07, 6.45) is 1.66. The summed E-state index contributed by atoms with van der Waals surface area (Å²) in [6.45, 7) is 6.09. The fourth-order valence-corrected chi connectivity index (χ4v) is 1.28. The van der Waals surface area contributed by atoms with E-state index in [2.05, 4.69) is 6.58 Å². The summed E-state index contributed by atoms with van der Waals surface area (Å²) < 4.78 is 4.77. The van der Waals surface area contributed by atoms with Crippen LogP contribution in [0, 0.1) is 0 Å². The molecule has 1 aromatic carbocycles. The molecule has 0 aliphatic rings. The van der Waals surface area contributed by atoms with Gasteiger partial charge in [0.05, 0.1) is 0 Å². The molecule has 2 unspecified atom stereocenters. The molecule has 19 heavy (non-hydrogen) atoms. The van der Waals surface area contributed by atoms with Crippen LogP contribution in [0.15, 0.2) is 48.6 Å². The van der Waals surface area contributed by atoms with E-state index < -0.39 is 17.9 Å². The van der Waals surface area contributed by atoms with E-state index in [0.717, 1.165) is 5.56 Å². The highest BCUT2D eigenvalue weighted by Crippen LogP contribution is 2.16. The third kappa shape index (κ3) is 4.69. The second kappa shape index (κ2) is 6.31. The highest BCUT2D eigenvalue weighted by Gasteiger charge is 2.33. The van der Waals surface area contributed by atoms with Crippen LogP contribution in [0.5, 0.6) is 0 Å². The molecule has 0 amide bonds. The molecule has 2 atom stereocenters. The zero-order chi connectivity index (χ0) is 14.5. The van der Waals surface area contributed by atoms with Gasteiger partial charge in [-0.25, -0.2) is 4.79 Å². The average Bonchev–Trinajstić information content (AvgIpc) is 2.36. The van der Waals surface area contributed by atoms with Crippen molar-refractivity contribution >= 4 is 12.0 Å². The summed E-state index contributed by atoms with van der Waals surface area (Å²) in [4.78, 5) is 11.3. The summed E-state index contributed by atoms with van der Waals surface area (Å²) in [5, 5.41) is 19.7. The lowest BCUT2D eigenvalue weighted by Crippen LogP contribution is -2.42. The normalized spacial score (nSPS) is 15.8. The smallest absolute Gasteiger partial charge is 0.335 e. The lowest BCUT2D eigenvalue weighted by molar-refractivity contribution is -0.225. The van der Waals surface area contributed by atoms with Gasteiger partial charge in [-0.05, 0) is 18.6 Å². The summed E-state index contributed by atoms with van der Waals surface area (Å²) in [5.74, 6) is -2.75. The molecular weight excluding hydrogens is 244 g/mol. The van der Waals surface area contributed by atoms with Crippen LogP contribution in [-0.4, -0.2) is 28.1 Å². The molecule has 0 spiro atoms. The first-order chi connectivity index (χ1) is 8.83. The van der Waals surface area contributed by atoms with Gasteiger partial charge in [-0.2, -0.15) is 0 Å². The molecule has 0 aromatic heterocycles. The van der Waals surface area contributed by atoms with Crippen LogP contribution < -0.4 is 0 Å². The molecule has 2 N–H and O–H groups in total. The molecule has 4 heteroatoms. The molecular formula is C15H18O4.